The van der Waals surface area contributed by atoms with Crippen molar-refractivity contribution in [2.45, 2.75) is 46.8 Å². The molecule has 0 aliphatic rings. The van der Waals surface area contributed by atoms with Crippen LogP contribution in [0.15, 0.2) is 24.3 Å². The number of aliphatic hydroxyl groups is 1. The number of aliphatic hydroxyl groups excluding tert-OH is 1. The average Bonchev–Trinajstić information content (AvgIpc) is 2.53. The highest BCUT2D eigenvalue weighted by molar-refractivity contribution is 5.27. The van der Waals surface area contributed by atoms with Crippen molar-refractivity contribution >= 4 is 0 Å². The van der Waals surface area contributed by atoms with Gasteiger partial charge in [0.1, 0.15) is 5.75 Å². The fraction of sp³-hybridized carbons (Fsp3) is 0.700. The van der Waals surface area contributed by atoms with Gasteiger partial charge in [-0.1, -0.05) is 39.8 Å². The van der Waals surface area contributed by atoms with Crippen molar-refractivity contribution in [1.29, 1.82) is 0 Å². The van der Waals surface area contributed by atoms with E-state index in [1.807, 2.05) is 12.1 Å². The summed E-state index contributed by atoms with van der Waals surface area (Å²) in [6, 6.07) is 8.14. The zero-order valence-corrected chi connectivity index (χ0v) is 16.0. The first-order chi connectivity index (χ1) is 11.4. The second-order valence-corrected chi connectivity index (χ2v) is 7.35. The monoisotopic (exact) mass is 337 g/mol. The van der Waals surface area contributed by atoms with Gasteiger partial charge in [-0.15, -0.1) is 0 Å². The number of hydrogen-bond acceptors (Lipinski definition) is 4. The Morgan fingerprint density at radius 2 is 1.67 bits per heavy atom. The fourth-order valence-electron chi connectivity index (χ4n) is 2.46. The summed E-state index contributed by atoms with van der Waals surface area (Å²) in [5.74, 6) is 2.01. The SMILES string of the molecule is COc1ccc(CN(CCC(C)C)C[C@@H](O)COCC(C)C)cc1. The summed E-state index contributed by atoms with van der Waals surface area (Å²) < 4.78 is 10.8. The lowest BCUT2D eigenvalue weighted by molar-refractivity contribution is 0.00628. The molecule has 138 valence electrons. The summed E-state index contributed by atoms with van der Waals surface area (Å²) in [5, 5.41) is 10.3. The predicted octanol–water partition coefficient (Wildman–Crippen LogP) is 3.58. The van der Waals surface area contributed by atoms with Gasteiger partial charge in [0, 0.05) is 19.7 Å². The number of hydrogen-bond donors (Lipinski definition) is 1. The van der Waals surface area contributed by atoms with Gasteiger partial charge in [-0.05, 0) is 42.5 Å². The first-order valence-electron chi connectivity index (χ1n) is 9.01. The molecular formula is C20H35NO3. The molecule has 0 radical (unpaired) electrons. The topological polar surface area (TPSA) is 41.9 Å². The van der Waals surface area contributed by atoms with Crippen LogP contribution in [0.5, 0.6) is 5.75 Å². The quantitative estimate of drug-likeness (QED) is 0.633. The standard InChI is InChI=1S/C20H35NO3/c1-16(2)10-11-21(13-19(22)15-24-14-17(3)4)12-18-6-8-20(23-5)9-7-18/h6-9,16-17,19,22H,10-15H2,1-5H3/t19-/m1/s1. The van der Waals surface area contributed by atoms with Crippen LogP contribution in [0.4, 0.5) is 0 Å². The van der Waals surface area contributed by atoms with Crippen LogP contribution in [0, 0.1) is 11.8 Å². The Balaban J connectivity index is 2.54. The third kappa shape index (κ3) is 9.26. The van der Waals surface area contributed by atoms with E-state index in [1.165, 1.54) is 5.56 Å². The Kier molecular flexibility index (Phi) is 9.99. The minimum atomic E-state index is -0.450. The first kappa shape index (κ1) is 20.9. The van der Waals surface area contributed by atoms with Crippen LogP contribution in [0.1, 0.15) is 39.7 Å². The largest absolute Gasteiger partial charge is 0.497 e. The van der Waals surface area contributed by atoms with E-state index in [1.54, 1.807) is 7.11 Å². The molecule has 1 aromatic carbocycles. The van der Waals surface area contributed by atoms with Gasteiger partial charge >= 0.3 is 0 Å². The number of rotatable bonds is 12. The number of ether oxygens (including phenoxy) is 2. The average molecular weight is 338 g/mol. The molecule has 0 amide bonds. The Morgan fingerprint density at radius 1 is 1.00 bits per heavy atom. The van der Waals surface area contributed by atoms with Gasteiger partial charge in [-0.3, -0.25) is 4.90 Å². The second kappa shape index (κ2) is 11.5. The van der Waals surface area contributed by atoms with Crippen LogP contribution >= 0.6 is 0 Å². The molecule has 0 spiro atoms. The number of nitrogens with zero attached hydrogens (tertiary/aromatic N) is 1. The molecule has 0 aliphatic heterocycles. The van der Waals surface area contributed by atoms with Crippen LogP contribution in [-0.4, -0.2) is 49.5 Å². The lowest BCUT2D eigenvalue weighted by Gasteiger charge is -2.26. The smallest absolute Gasteiger partial charge is 0.118 e. The van der Waals surface area contributed by atoms with Gasteiger partial charge in [0.25, 0.3) is 0 Å². The van der Waals surface area contributed by atoms with Gasteiger partial charge < -0.3 is 14.6 Å². The van der Waals surface area contributed by atoms with Crippen LogP contribution in [0.3, 0.4) is 0 Å². The summed E-state index contributed by atoms with van der Waals surface area (Å²) in [6.07, 6.45) is 0.671. The van der Waals surface area contributed by atoms with E-state index in [-0.39, 0.29) is 0 Å². The molecule has 4 heteroatoms. The van der Waals surface area contributed by atoms with Gasteiger partial charge in [-0.25, -0.2) is 0 Å². The Bertz CT molecular complexity index is 431. The Hall–Kier alpha value is -1.10. The lowest BCUT2D eigenvalue weighted by atomic mass is 10.1. The maximum absolute atomic E-state index is 10.3. The van der Waals surface area contributed by atoms with Crippen molar-refractivity contribution in [3.63, 3.8) is 0 Å². The fourth-order valence-corrected chi connectivity index (χ4v) is 2.46. The van der Waals surface area contributed by atoms with E-state index >= 15 is 0 Å². The first-order valence-corrected chi connectivity index (χ1v) is 9.01. The van der Waals surface area contributed by atoms with E-state index in [2.05, 4.69) is 44.7 Å². The van der Waals surface area contributed by atoms with Crippen molar-refractivity contribution in [1.82, 2.24) is 4.90 Å². The molecule has 24 heavy (non-hydrogen) atoms. The summed E-state index contributed by atoms with van der Waals surface area (Å²) >= 11 is 0. The van der Waals surface area contributed by atoms with Crippen molar-refractivity contribution in [3.05, 3.63) is 29.8 Å². The summed E-state index contributed by atoms with van der Waals surface area (Å²) in [5.41, 5.74) is 1.23. The van der Waals surface area contributed by atoms with Gasteiger partial charge in [0.15, 0.2) is 0 Å². The molecule has 0 saturated carbocycles. The van der Waals surface area contributed by atoms with E-state index in [4.69, 9.17) is 9.47 Å². The lowest BCUT2D eigenvalue weighted by Crippen LogP contribution is -2.36. The number of benzene rings is 1. The normalized spacial score (nSPS) is 13.0. The zero-order chi connectivity index (χ0) is 17.9. The molecule has 1 N–H and O–H groups in total. The second-order valence-electron chi connectivity index (χ2n) is 7.35. The van der Waals surface area contributed by atoms with Crippen molar-refractivity contribution in [3.8, 4) is 5.75 Å². The molecule has 1 rings (SSSR count). The van der Waals surface area contributed by atoms with Crippen LogP contribution in [0.2, 0.25) is 0 Å². The van der Waals surface area contributed by atoms with Gasteiger partial charge in [0.2, 0.25) is 0 Å². The highest BCUT2D eigenvalue weighted by Crippen LogP contribution is 2.14. The van der Waals surface area contributed by atoms with Crippen LogP contribution < -0.4 is 4.74 Å². The molecule has 0 fully saturated rings. The summed E-state index contributed by atoms with van der Waals surface area (Å²) in [4.78, 5) is 2.31. The molecule has 0 bridgehead atoms. The Labute approximate surface area is 147 Å². The van der Waals surface area contributed by atoms with E-state index in [0.29, 0.717) is 31.6 Å². The molecule has 4 nitrogen and oxygen atoms in total. The third-order valence-corrected chi connectivity index (χ3v) is 3.82. The molecule has 0 heterocycles. The molecular weight excluding hydrogens is 302 g/mol. The highest BCUT2D eigenvalue weighted by atomic mass is 16.5. The maximum Gasteiger partial charge on any atom is 0.118 e. The number of methoxy groups -OCH3 is 1. The Morgan fingerprint density at radius 3 is 2.21 bits per heavy atom. The summed E-state index contributed by atoms with van der Waals surface area (Å²) in [6.45, 7) is 12.2. The predicted molar refractivity (Wildman–Crippen MR) is 99.4 cm³/mol. The van der Waals surface area contributed by atoms with Crippen molar-refractivity contribution in [2.24, 2.45) is 11.8 Å². The van der Waals surface area contributed by atoms with Gasteiger partial charge in [0.05, 0.1) is 19.8 Å². The highest BCUT2D eigenvalue weighted by Gasteiger charge is 2.13. The van der Waals surface area contributed by atoms with Crippen LogP contribution in [-0.2, 0) is 11.3 Å². The zero-order valence-electron chi connectivity index (χ0n) is 16.0. The van der Waals surface area contributed by atoms with E-state index < -0.39 is 6.10 Å². The summed E-state index contributed by atoms with van der Waals surface area (Å²) in [7, 11) is 1.68. The molecule has 0 aromatic heterocycles. The minimum absolute atomic E-state index is 0.402. The minimum Gasteiger partial charge on any atom is -0.497 e. The van der Waals surface area contributed by atoms with Gasteiger partial charge in [-0.2, -0.15) is 0 Å². The third-order valence-electron chi connectivity index (χ3n) is 3.82. The molecule has 1 aromatic rings. The molecule has 1 atom stereocenters. The van der Waals surface area contributed by atoms with E-state index in [9.17, 15) is 5.11 Å². The van der Waals surface area contributed by atoms with E-state index in [0.717, 1.165) is 25.3 Å². The van der Waals surface area contributed by atoms with Crippen molar-refractivity contribution in [2.75, 3.05) is 33.4 Å². The molecule has 0 aliphatic carbocycles. The van der Waals surface area contributed by atoms with Crippen molar-refractivity contribution < 1.29 is 14.6 Å². The maximum atomic E-state index is 10.3. The molecule has 0 unspecified atom stereocenters. The molecule has 0 saturated heterocycles. The van der Waals surface area contributed by atoms with Crippen LogP contribution in [0.25, 0.3) is 0 Å².